The van der Waals surface area contributed by atoms with Gasteiger partial charge in [-0.25, -0.2) is 0 Å². The van der Waals surface area contributed by atoms with Crippen LogP contribution in [-0.2, 0) is 14.4 Å². The fourth-order valence-corrected chi connectivity index (χ4v) is 7.95. The number of hydrogen-bond donors (Lipinski definition) is 1. The second-order valence-corrected chi connectivity index (χ2v) is 11.0. The summed E-state index contributed by atoms with van der Waals surface area (Å²) in [6.45, 7) is 6.95. The van der Waals surface area contributed by atoms with Gasteiger partial charge in [-0.1, -0.05) is 51.0 Å². The third-order valence-electron chi connectivity index (χ3n) is 7.41. The molecule has 0 aromatic heterocycles. The van der Waals surface area contributed by atoms with Crippen molar-refractivity contribution in [2.75, 3.05) is 39.3 Å². The number of rotatable bonds is 9. The molecular weight excluding hydrogens is 438 g/mol. The van der Waals surface area contributed by atoms with Gasteiger partial charge in [0, 0.05) is 44.6 Å². The van der Waals surface area contributed by atoms with Crippen LogP contribution in [0.4, 0.5) is 0 Å². The molecule has 0 saturated carbocycles. The predicted octanol–water partition coefficient (Wildman–Crippen LogP) is 2.06. The van der Waals surface area contributed by atoms with E-state index < -0.39 is 22.6 Å². The molecule has 1 N–H and O–H groups in total. The van der Waals surface area contributed by atoms with Crippen LogP contribution in [0.5, 0.6) is 0 Å². The normalized spacial score (nSPS) is 33.3. The summed E-state index contributed by atoms with van der Waals surface area (Å²) in [6.07, 6.45) is 12.6. The second-order valence-electron chi connectivity index (χ2n) is 9.56. The number of aliphatic hydroxyl groups excluding tert-OH is 1. The average Bonchev–Trinajstić information content (AvgIpc) is 3.12. The summed E-state index contributed by atoms with van der Waals surface area (Å²) in [5.41, 5.74) is 0. The molecule has 4 aliphatic rings. The average molecular weight is 476 g/mol. The van der Waals surface area contributed by atoms with Gasteiger partial charge in [0.25, 0.3) is 0 Å². The third kappa shape index (κ3) is 4.14. The van der Waals surface area contributed by atoms with Crippen LogP contribution in [0.1, 0.15) is 46.0 Å². The highest BCUT2D eigenvalue weighted by molar-refractivity contribution is 8.02. The Balaban J connectivity index is 1.73. The van der Waals surface area contributed by atoms with Crippen LogP contribution in [0, 0.1) is 11.8 Å². The Hall–Kier alpha value is -1.80. The summed E-state index contributed by atoms with van der Waals surface area (Å²) in [4.78, 5) is 46.9. The van der Waals surface area contributed by atoms with Crippen LogP contribution in [0.25, 0.3) is 0 Å². The molecule has 0 bridgehead atoms. The third-order valence-corrected chi connectivity index (χ3v) is 9.15. The Labute approximate surface area is 201 Å². The van der Waals surface area contributed by atoms with E-state index in [0.29, 0.717) is 39.1 Å². The van der Waals surface area contributed by atoms with E-state index in [4.69, 9.17) is 0 Å². The summed E-state index contributed by atoms with van der Waals surface area (Å²) >= 11 is 1.63. The molecule has 0 aromatic rings. The lowest BCUT2D eigenvalue weighted by Gasteiger charge is -2.35. The molecule has 8 heteroatoms. The van der Waals surface area contributed by atoms with E-state index in [1.165, 1.54) is 0 Å². The van der Waals surface area contributed by atoms with Crippen molar-refractivity contribution in [1.82, 2.24) is 14.7 Å². The van der Waals surface area contributed by atoms with Crippen molar-refractivity contribution in [3.8, 4) is 0 Å². The molecule has 2 fully saturated rings. The molecule has 4 aliphatic heterocycles. The van der Waals surface area contributed by atoms with E-state index in [1.54, 1.807) is 16.7 Å². The van der Waals surface area contributed by atoms with E-state index >= 15 is 0 Å². The number of aliphatic hydroxyl groups is 1. The number of thioether (sulfide) groups is 1. The SMILES string of the molecule is CCCCCN1CC=C[C@]23S[C@H]4C=CCN(CCC)C(=O)[C@H]4[C@H]2C(=O)N(CCCO)C3C1=O. The topological polar surface area (TPSA) is 81.2 Å². The molecule has 2 saturated heterocycles. The molecule has 182 valence electrons. The molecule has 0 radical (unpaired) electrons. The molecule has 1 unspecified atom stereocenters. The van der Waals surface area contributed by atoms with Crippen LogP contribution in [0.2, 0.25) is 0 Å². The first kappa shape index (κ1) is 24.3. The first-order valence-electron chi connectivity index (χ1n) is 12.5. The quantitative estimate of drug-likeness (QED) is 0.408. The lowest BCUT2D eigenvalue weighted by atomic mass is 9.78. The van der Waals surface area contributed by atoms with Gasteiger partial charge in [0.05, 0.1) is 16.6 Å². The molecule has 7 nitrogen and oxygen atoms in total. The standard InChI is InChI=1S/C25H37N3O4S/c1-3-5-6-13-27-15-8-11-25-20(23(31)28(16-9-17-29)21(25)24(27)32)19-18(33-25)10-7-14-26(12-4-2)22(19)30/h7-8,10-11,18-21,29H,3-6,9,12-17H2,1-2H3/t18-,19+,20-,21?,25-/m0/s1. The molecule has 4 heterocycles. The summed E-state index contributed by atoms with van der Waals surface area (Å²) in [7, 11) is 0. The summed E-state index contributed by atoms with van der Waals surface area (Å²) in [6, 6.07) is -0.625. The molecule has 0 aromatic carbocycles. The number of nitrogens with zero attached hydrogens (tertiary/aromatic N) is 3. The number of carbonyl (C=O) groups is 3. The Morgan fingerprint density at radius 2 is 1.70 bits per heavy atom. The van der Waals surface area contributed by atoms with Gasteiger partial charge in [-0.2, -0.15) is 0 Å². The van der Waals surface area contributed by atoms with Crippen LogP contribution >= 0.6 is 11.8 Å². The number of amides is 3. The van der Waals surface area contributed by atoms with Gasteiger partial charge in [0.1, 0.15) is 6.04 Å². The summed E-state index contributed by atoms with van der Waals surface area (Å²) in [5, 5.41) is 9.35. The minimum absolute atomic E-state index is 0.0179. The van der Waals surface area contributed by atoms with E-state index in [0.717, 1.165) is 25.7 Å². The molecule has 0 aliphatic carbocycles. The highest BCUT2D eigenvalue weighted by Gasteiger charge is 2.70. The smallest absolute Gasteiger partial charge is 0.247 e. The highest BCUT2D eigenvalue weighted by atomic mass is 32.2. The number of likely N-dealkylation sites (tertiary alicyclic amines) is 1. The molecule has 4 rings (SSSR count). The van der Waals surface area contributed by atoms with Gasteiger partial charge >= 0.3 is 0 Å². The fourth-order valence-electron chi connectivity index (χ4n) is 5.94. The van der Waals surface area contributed by atoms with E-state index in [-0.39, 0.29) is 29.6 Å². The highest BCUT2D eigenvalue weighted by Crippen LogP contribution is 2.61. The van der Waals surface area contributed by atoms with Crippen molar-refractivity contribution in [3.63, 3.8) is 0 Å². The number of fused-ring (bicyclic) bond motifs is 2. The molecule has 5 atom stereocenters. The monoisotopic (exact) mass is 475 g/mol. The van der Waals surface area contributed by atoms with Gasteiger partial charge in [-0.05, 0) is 19.3 Å². The van der Waals surface area contributed by atoms with Gasteiger partial charge in [-0.3, -0.25) is 14.4 Å². The maximum absolute atomic E-state index is 13.9. The Kier molecular flexibility index (Phi) is 7.53. The Bertz CT molecular complexity index is 830. The van der Waals surface area contributed by atoms with Crippen molar-refractivity contribution in [2.24, 2.45) is 11.8 Å². The number of hydrogen-bond acceptors (Lipinski definition) is 5. The van der Waals surface area contributed by atoms with Crippen molar-refractivity contribution < 1.29 is 19.5 Å². The van der Waals surface area contributed by atoms with E-state index in [9.17, 15) is 19.5 Å². The van der Waals surface area contributed by atoms with Crippen molar-refractivity contribution in [1.29, 1.82) is 0 Å². The maximum Gasteiger partial charge on any atom is 0.247 e. The minimum atomic E-state index is -0.742. The van der Waals surface area contributed by atoms with Crippen molar-refractivity contribution >= 4 is 29.5 Å². The summed E-state index contributed by atoms with van der Waals surface area (Å²) < 4.78 is -0.742. The van der Waals surface area contributed by atoms with E-state index in [2.05, 4.69) is 26.0 Å². The van der Waals surface area contributed by atoms with E-state index in [1.807, 2.05) is 22.0 Å². The number of carbonyl (C=O) groups excluding carboxylic acids is 3. The molecule has 3 amide bonds. The first-order chi connectivity index (χ1) is 16.0. The van der Waals surface area contributed by atoms with Crippen molar-refractivity contribution in [3.05, 3.63) is 24.3 Å². The first-order valence-corrected chi connectivity index (χ1v) is 13.4. The zero-order chi connectivity index (χ0) is 23.6. The van der Waals surface area contributed by atoms with Crippen LogP contribution < -0.4 is 0 Å². The van der Waals surface area contributed by atoms with Crippen LogP contribution in [0.15, 0.2) is 24.3 Å². The van der Waals surface area contributed by atoms with Gasteiger partial charge in [0.2, 0.25) is 17.7 Å². The van der Waals surface area contributed by atoms with Crippen molar-refractivity contribution in [2.45, 2.75) is 62.0 Å². The lowest BCUT2D eigenvalue weighted by molar-refractivity contribution is -0.144. The number of unbranched alkanes of at least 4 members (excludes halogenated alkanes) is 2. The van der Waals surface area contributed by atoms with Gasteiger partial charge in [-0.15, -0.1) is 11.8 Å². The zero-order valence-electron chi connectivity index (χ0n) is 19.8. The van der Waals surface area contributed by atoms with Crippen LogP contribution in [-0.4, -0.2) is 92.9 Å². The molecule has 33 heavy (non-hydrogen) atoms. The molecular formula is C25H37N3O4S. The Morgan fingerprint density at radius 3 is 2.42 bits per heavy atom. The lowest BCUT2D eigenvalue weighted by Crippen LogP contribution is -2.53. The Morgan fingerprint density at radius 1 is 0.939 bits per heavy atom. The fraction of sp³-hybridized carbons (Fsp3) is 0.720. The largest absolute Gasteiger partial charge is 0.396 e. The predicted molar refractivity (Wildman–Crippen MR) is 130 cm³/mol. The van der Waals surface area contributed by atoms with Gasteiger partial charge < -0.3 is 19.8 Å². The zero-order valence-corrected chi connectivity index (χ0v) is 20.6. The second kappa shape index (κ2) is 10.2. The summed E-state index contributed by atoms with van der Waals surface area (Å²) in [5.74, 6) is -1.11. The minimum Gasteiger partial charge on any atom is -0.396 e. The van der Waals surface area contributed by atoms with Gasteiger partial charge in [0.15, 0.2) is 0 Å². The molecule has 1 spiro atoms. The maximum atomic E-state index is 13.9. The van der Waals surface area contributed by atoms with Crippen LogP contribution in [0.3, 0.4) is 0 Å².